The van der Waals surface area contributed by atoms with Gasteiger partial charge in [0, 0.05) is 16.5 Å². The fourth-order valence-electron chi connectivity index (χ4n) is 2.30. The molecule has 1 aliphatic rings. The molecule has 3 rings (SSSR count). The van der Waals surface area contributed by atoms with Gasteiger partial charge in [0.05, 0.1) is 17.3 Å². The summed E-state index contributed by atoms with van der Waals surface area (Å²) in [6.45, 7) is 0.785. The minimum atomic E-state index is 0.00367. The zero-order valence-electron chi connectivity index (χ0n) is 9.77. The molecule has 1 aliphatic heterocycles. The topological polar surface area (TPSA) is 50.8 Å². The van der Waals surface area contributed by atoms with Crippen LogP contribution in [0, 0.1) is 11.3 Å². The minimum Gasteiger partial charge on any atom is -0.356 e. The fourth-order valence-corrected chi connectivity index (χ4v) is 2.75. The molecule has 92 valence electrons. The zero-order chi connectivity index (χ0) is 12.5. The van der Waals surface area contributed by atoms with E-state index in [2.05, 4.69) is 27.1 Å². The number of nitrogens with zero attached hydrogens (tertiary/aromatic N) is 3. The standard InChI is InChI=1S/C13H12BrN3O/c14-11-5-10-8-16-17(12(10)6-9(11)7-15)13-3-1-2-4-18-13/h5-6,8,13H,1-4H2. The second-order valence-electron chi connectivity index (χ2n) is 4.41. The van der Waals surface area contributed by atoms with Crippen LogP contribution in [0.1, 0.15) is 31.1 Å². The molecule has 0 aliphatic carbocycles. The van der Waals surface area contributed by atoms with Crippen molar-refractivity contribution in [2.45, 2.75) is 25.5 Å². The van der Waals surface area contributed by atoms with Crippen molar-refractivity contribution in [1.82, 2.24) is 9.78 Å². The fraction of sp³-hybridized carbons (Fsp3) is 0.385. The van der Waals surface area contributed by atoms with Crippen molar-refractivity contribution in [3.8, 4) is 6.07 Å². The molecule has 0 radical (unpaired) electrons. The third kappa shape index (κ3) is 1.92. The van der Waals surface area contributed by atoms with Gasteiger partial charge in [-0.2, -0.15) is 10.4 Å². The van der Waals surface area contributed by atoms with Crippen molar-refractivity contribution >= 4 is 26.8 Å². The molecule has 1 unspecified atom stereocenters. The van der Waals surface area contributed by atoms with E-state index in [0.717, 1.165) is 41.2 Å². The highest BCUT2D eigenvalue weighted by Gasteiger charge is 2.19. The molecule has 1 atom stereocenters. The molecular weight excluding hydrogens is 294 g/mol. The second kappa shape index (κ2) is 4.71. The molecule has 0 saturated carbocycles. The first-order valence-corrected chi connectivity index (χ1v) is 6.77. The third-order valence-corrected chi connectivity index (χ3v) is 3.89. The minimum absolute atomic E-state index is 0.00367. The number of aromatic nitrogens is 2. The Labute approximate surface area is 113 Å². The van der Waals surface area contributed by atoms with Gasteiger partial charge in [0.25, 0.3) is 0 Å². The highest BCUT2D eigenvalue weighted by atomic mass is 79.9. The van der Waals surface area contributed by atoms with Crippen LogP contribution in [0.4, 0.5) is 0 Å². The van der Waals surface area contributed by atoms with Gasteiger partial charge < -0.3 is 4.74 Å². The largest absolute Gasteiger partial charge is 0.356 e. The monoisotopic (exact) mass is 305 g/mol. The molecule has 0 N–H and O–H groups in total. The highest BCUT2D eigenvalue weighted by Crippen LogP contribution is 2.29. The van der Waals surface area contributed by atoms with E-state index >= 15 is 0 Å². The number of hydrogen-bond donors (Lipinski definition) is 0. The zero-order valence-corrected chi connectivity index (χ0v) is 11.4. The molecule has 1 aromatic heterocycles. The molecular formula is C13H12BrN3O. The lowest BCUT2D eigenvalue weighted by molar-refractivity contribution is -0.0366. The van der Waals surface area contributed by atoms with Crippen LogP contribution in [-0.4, -0.2) is 16.4 Å². The summed E-state index contributed by atoms with van der Waals surface area (Å²) in [5, 5.41) is 14.5. The maximum absolute atomic E-state index is 9.08. The first-order chi connectivity index (χ1) is 8.79. The second-order valence-corrected chi connectivity index (χ2v) is 5.27. The van der Waals surface area contributed by atoms with Gasteiger partial charge in [-0.15, -0.1) is 0 Å². The molecule has 18 heavy (non-hydrogen) atoms. The van der Waals surface area contributed by atoms with Crippen LogP contribution < -0.4 is 0 Å². The molecule has 0 amide bonds. The van der Waals surface area contributed by atoms with E-state index in [1.165, 1.54) is 0 Å². The summed E-state index contributed by atoms with van der Waals surface area (Å²) in [4.78, 5) is 0. The SMILES string of the molecule is N#Cc1cc2c(cnn2C2CCCCO2)cc1Br. The molecule has 1 aromatic carbocycles. The number of fused-ring (bicyclic) bond motifs is 1. The maximum Gasteiger partial charge on any atom is 0.150 e. The molecule has 4 nitrogen and oxygen atoms in total. The van der Waals surface area contributed by atoms with Crippen LogP contribution in [0.3, 0.4) is 0 Å². The van der Waals surface area contributed by atoms with Crippen LogP contribution in [0.15, 0.2) is 22.8 Å². The van der Waals surface area contributed by atoms with Gasteiger partial charge in [0.2, 0.25) is 0 Å². The van der Waals surface area contributed by atoms with Crippen LogP contribution in [0.25, 0.3) is 10.9 Å². The first-order valence-electron chi connectivity index (χ1n) is 5.98. The number of ether oxygens (including phenoxy) is 1. The van der Waals surface area contributed by atoms with E-state index in [-0.39, 0.29) is 6.23 Å². The van der Waals surface area contributed by atoms with E-state index in [0.29, 0.717) is 5.56 Å². The van der Waals surface area contributed by atoms with E-state index in [1.54, 1.807) is 0 Å². The Kier molecular flexibility index (Phi) is 3.06. The van der Waals surface area contributed by atoms with Crippen LogP contribution in [-0.2, 0) is 4.74 Å². The summed E-state index contributed by atoms with van der Waals surface area (Å²) < 4.78 is 8.44. The van der Waals surface area contributed by atoms with Gasteiger partial charge in [-0.3, -0.25) is 0 Å². The predicted octanol–water partition coefficient (Wildman–Crippen LogP) is 3.37. The summed E-state index contributed by atoms with van der Waals surface area (Å²) in [6.07, 6.45) is 5.08. The van der Waals surface area contributed by atoms with Gasteiger partial charge in [0.1, 0.15) is 6.07 Å². The van der Waals surface area contributed by atoms with E-state index in [1.807, 2.05) is 23.0 Å². The maximum atomic E-state index is 9.08. The summed E-state index contributed by atoms with van der Waals surface area (Å²) in [6, 6.07) is 5.97. The molecule has 5 heteroatoms. The summed E-state index contributed by atoms with van der Waals surface area (Å²) in [5.41, 5.74) is 1.58. The molecule has 2 heterocycles. The molecule has 2 aromatic rings. The first kappa shape index (κ1) is 11.7. The summed E-state index contributed by atoms with van der Waals surface area (Å²) in [7, 11) is 0. The van der Waals surface area contributed by atoms with E-state index in [4.69, 9.17) is 10.00 Å². The lowest BCUT2D eigenvalue weighted by Crippen LogP contribution is -2.18. The third-order valence-electron chi connectivity index (χ3n) is 3.23. The Bertz CT molecular complexity index is 623. The Morgan fingerprint density at radius 2 is 2.33 bits per heavy atom. The normalized spacial score (nSPS) is 19.9. The van der Waals surface area contributed by atoms with Crippen molar-refractivity contribution in [1.29, 1.82) is 5.26 Å². The Morgan fingerprint density at radius 1 is 1.44 bits per heavy atom. The van der Waals surface area contributed by atoms with Crippen molar-refractivity contribution in [3.63, 3.8) is 0 Å². The molecule has 0 spiro atoms. The van der Waals surface area contributed by atoms with Gasteiger partial charge >= 0.3 is 0 Å². The van der Waals surface area contributed by atoms with Crippen molar-refractivity contribution in [2.75, 3.05) is 6.61 Å². The Balaban J connectivity index is 2.10. The number of benzene rings is 1. The van der Waals surface area contributed by atoms with E-state index in [9.17, 15) is 0 Å². The lowest BCUT2D eigenvalue weighted by atomic mass is 10.1. The molecule has 1 fully saturated rings. The van der Waals surface area contributed by atoms with Crippen molar-refractivity contribution in [3.05, 3.63) is 28.4 Å². The van der Waals surface area contributed by atoms with Gasteiger partial charge in [0.15, 0.2) is 6.23 Å². The Morgan fingerprint density at radius 3 is 3.06 bits per heavy atom. The summed E-state index contributed by atoms with van der Waals surface area (Å²) >= 11 is 3.39. The van der Waals surface area contributed by atoms with Gasteiger partial charge in [-0.25, -0.2) is 4.68 Å². The summed E-state index contributed by atoms with van der Waals surface area (Å²) in [5.74, 6) is 0. The number of nitriles is 1. The smallest absolute Gasteiger partial charge is 0.150 e. The van der Waals surface area contributed by atoms with E-state index < -0.39 is 0 Å². The average molecular weight is 306 g/mol. The van der Waals surface area contributed by atoms with Crippen LogP contribution in [0.5, 0.6) is 0 Å². The van der Waals surface area contributed by atoms with Crippen LogP contribution in [0.2, 0.25) is 0 Å². The lowest BCUT2D eigenvalue weighted by Gasteiger charge is -2.23. The van der Waals surface area contributed by atoms with Gasteiger partial charge in [-0.1, -0.05) is 0 Å². The van der Waals surface area contributed by atoms with Crippen LogP contribution >= 0.6 is 15.9 Å². The molecule has 0 bridgehead atoms. The number of rotatable bonds is 1. The van der Waals surface area contributed by atoms with Crippen molar-refractivity contribution < 1.29 is 4.74 Å². The number of hydrogen-bond acceptors (Lipinski definition) is 3. The predicted molar refractivity (Wildman–Crippen MR) is 71.0 cm³/mol. The quantitative estimate of drug-likeness (QED) is 0.811. The van der Waals surface area contributed by atoms with Gasteiger partial charge in [-0.05, 0) is 47.3 Å². The Hall–Kier alpha value is -1.38. The number of halogens is 1. The average Bonchev–Trinajstić information content (AvgIpc) is 2.81. The van der Waals surface area contributed by atoms with Crippen molar-refractivity contribution in [2.24, 2.45) is 0 Å². The molecule has 1 saturated heterocycles. The highest BCUT2D eigenvalue weighted by molar-refractivity contribution is 9.10.